The van der Waals surface area contributed by atoms with Crippen LogP contribution in [0.1, 0.15) is 66.2 Å². The standard InChI is InChI=1S/C17H33NO2/c1-14-6-5-9-17(12-14,13-18-16(2,3)4)20-15-7-10-19-11-8-15/h14-15,18H,5-13H2,1-4H3. The van der Waals surface area contributed by atoms with Crippen molar-refractivity contribution in [3.8, 4) is 0 Å². The lowest BCUT2D eigenvalue weighted by Crippen LogP contribution is -2.53. The molecule has 2 unspecified atom stereocenters. The zero-order valence-electron chi connectivity index (χ0n) is 13.8. The quantitative estimate of drug-likeness (QED) is 0.856. The number of hydrogen-bond donors (Lipinski definition) is 1. The summed E-state index contributed by atoms with van der Waals surface area (Å²) < 4.78 is 12.1. The molecule has 2 fully saturated rings. The lowest BCUT2D eigenvalue weighted by molar-refractivity contribution is -0.146. The summed E-state index contributed by atoms with van der Waals surface area (Å²) in [6, 6.07) is 0. The Morgan fingerprint density at radius 1 is 1.20 bits per heavy atom. The Morgan fingerprint density at radius 2 is 1.90 bits per heavy atom. The highest BCUT2D eigenvalue weighted by Crippen LogP contribution is 2.37. The van der Waals surface area contributed by atoms with Crippen molar-refractivity contribution in [3.05, 3.63) is 0 Å². The van der Waals surface area contributed by atoms with Crippen LogP contribution in [-0.2, 0) is 9.47 Å². The Morgan fingerprint density at radius 3 is 2.50 bits per heavy atom. The first kappa shape index (κ1) is 16.3. The Bertz CT molecular complexity index is 294. The van der Waals surface area contributed by atoms with E-state index in [1.807, 2.05) is 0 Å². The first-order chi connectivity index (χ1) is 9.39. The maximum Gasteiger partial charge on any atom is 0.0812 e. The maximum atomic E-state index is 6.64. The van der Waals surface area contributed by atoms with Gasteiger partial charge in [0.2, 0.25) is 0 Å². The highest BCUT2D eigenvalue weighted by molar-refractivity contribution is 4.92. The van der Waals surface area contributed by atoms with Gasteiger partial charge in [-0.15, -0.1) is 0 Å². The van der Waals surface area contributed by atoms with Gasteiger partial charge < -0.3 is 14.8 Å². The van der Waals surface area contributed by atoms with Gasteiger partial charge in [-0.05, 0) is 52.4 Å². The lowest BCUT2D eigenvalue weighted by Gasteiger charge is -2.44. The minimum absolute atomic E-state index is 0.0486. The molecular formula is C17H33NO2. The van der Waals surface area contributed by atoms with Crippen LogP contribution >= 0.6 is 0 Å². The molecule has 1 aliphatic heterocycles. The molecule has 2 atom stereocenters. The molecule has 0 radical (unpaired) electrons. The summed E-state index contributed by atoms with van der Waals surface area (Å²) in [4.78, 5) is 0. The maximum absolute atomic E-state index is 6.64. The van der Waals surface area contributed by atoms with E-state index in [9.17, 15) is 0 Å². The molecule has 2 rings (SSSR count). The minimum atomic E-state index is 0.0486. The SMILES string of the molecule is CC1CCCC(CNC(C)(C)C)(OC2CCOCC2)C1. The number of rotatable bonds is 4. The molecule has 0 bridgehead atoms. The first-order valence-corrected chi connectivity index (χ1v) is 8.39. The Hall–Kier alpha value is -0.120. The summed E-state index contributed by atoms with van der Waals surface area (Å²) in [6.07, 6.45) is 7.59. The highest BCUT2D eigenvalue weighted by atomic mass is 16.5. The van der Waals surface area contributed by atoms with Crippen molar-refractivity contribution >= 4 is 0 Å². The van der Waals surface area contributed by atoms with Gasteiger partial charge in [-0.2, -0.15) is 0 Å². The Kier molecular flexibility index (Phi) is 5.49. The molecule has 1 saturated heterocycles. The average Bonchev–Trinajstić information content (AvgIpc) is 2.37. The molecule has 118 valence electrons. The number of ether oxygens (including phenoxy) is 2. The second-order valence-electron chi connectivity index (χ2n) is 7.92. The van der Waals surface area contributed by atoms with Gasteiger partial charge >= 0.3 is 0 Å². The van der Waals surface area contributed by atoms with Crippen molar-refractivity contribution in [2.75, 3.05) is 19.8 Å². The van der Waals surface area contributed by atoms with E-state index < -0.39 is 0 Å². The molecule has 1 saturated carbocycles. The van der Waals surface area contributed by atoms with Gasteiger partial charge in [0.25, 0.3) is 0 Å². The van der Waals surface area contributed by atoms with Crippen molar-refractivity contribution in [1.82, 2.24) is 5.32 Å². The largest absolute Gasteiger partial charge is 0.381 e. The van der Waals surface area contributed by atoms with E-state index in [0.717, 1.165) is 38.5 Å². The van der Waals surface area contributed by atoms with Crippen molar-refractivity contribution in [3.63, 3.8) is 0 Å². The van der Waals surface area contributed by atoms with Gasteiger partial charge in [-0.25, -0.2) is 0 Å². The molecule has 1 heterocycles. The fraction of sp³-hybridized carbons (Fsp3) is 1.00. The third-order valence-electron chi connectivity index (χ3n) is 4.58. The third kappa shape index (κ3) is 5.01. The van der Waals surface area contributed by atoms with Crippen molar-refractivity contribution < 1.29 is 9.47 Å². The first-order valence-electron chi connectivity index (χ1n) is 8.39. The molecular weight excluding hydrogens is 250 g/mol. The highest BCUT2D eigenvalue weighted by Gasteiger charge is 2.38. The van der Waals surface area contributed by atoms with E-state index in [4.69, 9.17) is 9.47 Å². The number of hydrogen-bond acceptors (Lipinski definition) is 3. The van der Waals surface area contributed by atoms with E-state index in [1.54, 1.807) is 0 Å². The second-order valence-corrected chi connectivity index (χ2v) is 7.92. The van der Waals surface area contributed by atoms with Gasteiger partial charge in [0, 0.05) is 25.3 Å². The van der Waals surface area contributed by atoms with E-state index in [0.29, 0.717) is 6.10 Å². The Balaban J connectivity index is 1.98. The summed E-state index contributed by atoms with van der Waals surface area (Å²) in [6.45, 7) is 11.8. The summed E-state index contributed by atoms with van der Waals surface area (Å²) in [5.41, 5.74) is 0.208. The van der Waals surface area contributed by atoms with Crippen LogP contribution in [-0.4, -0.2) is 37.0 Å². The van der Waals surface area contributed by atoms with Crippen LogP contribution in [0.25, 0.3) is 0 Å². The van der Waals surface area contributed by atoms with Crippen LogP contribution in [0, 0.1) is 5.92 Å². The number of nitrogens with one attached hydrogen (secondary N) is 1. The van der Waals surface area contributed by atoms with Crippen LogP contribution in [0.15, 0.2) is 0 Å². The summed E-state index contributed by atoms with van der Waals surface area (Å²) in [7, 11) is 0. The molecule has 2 aliphatic rings. The van der Waals surface area contributed by atoms with Crippen LogP contribution in [0.4, 0.5) is 0 Å². The van der Waals surface area contributed by atoms with Crippen molar-refractivity contribution in [1.29, 1.82) is 0 Å². The summed E-state index contributed by atoms with van der Waals surface area (Å²) in [5.74, 6) is 0.783. The second kappa shape index (κ2) is 6.76. The van der Waals surface area contributed by atoms with E-state index in [-0.39, 0.29) is 11.1 Å². The Labute approximate surface area is 124 Å². The van der Waals surface area contributed by atoms with Gasteiger partial charge in [0.1, 0.15) is 0 Å². The predicted molar refractivity (Wildman–Crippen MR) is 83.0 cm³/mol. The fourth-order valence-electron chi connectivity index (χ4n) is 3.49. The molecule has 0 aromatic heterocycles. The normalized spacial score (nSPS) is 33.3. The summed E-state index contributed by atoms with van der Waals surface area (Å²) >= 11 is 0. The van der Waals surface area contributed by atoms with Crippen LogP contribution in [0.3, 0.4) is 0 Å². The van der Waals surface area contributed by atoms with Gasteiger partial charge in [0.15, 0.2) is 0 Å². The minimum Gasteiger partial charge on any atom is -0.381 e. The molecule has 1 aliphatic carbocycles. The van der Waals surface area contributed by atoms with Crippen LogP contribution < -0.4 is 5.32 Å². The van der Waals surface area contributed by atoms with E-state index in [1.165, 1.54) is 25.7 Å². The van der Waals surface area contributed by atoms with E-state index in [2.05, 4.69) is 33.0 Å². The van der Waals surface area contributed by atoms with Gasteiger partial charge in [-0.1, -0.05) is 19.8 Å². The van der Waals surface area contributed by atoms with Crippen LogP contribution in [0.5, 0.6) is 0 Å². The smallest absolute Gasteiger partial charge is 0.0812 e. The zero-order chi connectivity index (χ0) is 14.6. The predicted octanol–water partition coefficient (Wildman–Crippen LogP) is 3.52. The molecule has 0 spiro atoms. The molecule has 1 N–H and O–H groups in total. The summed E-state index contributed by atoms with van der Waals surface area (Å²) in [5, 5.41) is 3.69. The average molecular weight is 283 g/mol. The lowest BCUT2D eigenvalue weighted by atomic mass is 9.78. The zero-order valence-corrected chi connectivity index (χ0v) is 13.8. The third-order valence-corrected chi connectivity index (χ3v) is 4.58. The molecule has 20 heavy (non-hydrogen) atoms. The molecule has 3 nitrogen and oxygen atoms in total. The molecule has 0 aromatic rings. The van der Waals surface area contributed by atoms with Crippen molar-refractivity contribution in [2.45, 2.75) is 83.5 Å². The van der Waals surface area contributed by atoms with Gasteiger partial charge in [0.05, 0.1) is 11.7 Å². The van der Waals surface area contributed by atoms with Gasteiger partial charge in [-0.3, -0.25) is 0 Å². The van der Waals surface area contributed by atoms with Crippen molar-refractivity contribution in [2.24, 2.45) is 5.92 Å². The monoisotopic (exact) mass is 283 g/mol. The van der Waals surface area contributed by atoms with Crippen LogP contribution in [0.2, 0.25) is 0 Å². The topological polar surface area (TPSA) is 30.5 Å². The molecule has 3 heteroatoms. The molecule has 0 amide bonds. The molecule has 0 aromatic carbocycles. The van der Waals surface area contributed by atoms with E-state index >= 15 is 0 Å². The fourth-order valence-corrected chi connectivity index (χ4v) is 3.49.